The first-order valence-corrected chi connectivity index (χ1v) is 10.3. The van der Waals surface area contributed by atoms with E-state index in [1.54, 1.807) is 35.4 Å². The second-order valence-corrected chi connectivity index (χ2v) is 7.67. The average Bonchev–Trinajstić information content (AvgIpc) is 2.81. The molecule has 1 aromatic carbocycles. The van der Waals surface area contributed by atoms with Gasteiger partial charge in [-0.2, -0.15) is 10.2 Å². The third-order valence-electron chi connectivity index (χ3n) is 5.76. The molecule has 0 amide bonds. The topological polar surface area (TPSA) is 85.6 Å². The van der Waals surface area contributed by atoms with Crippen molar-refractivity contribution < 1.29 is 0 Å². The molecular weight excluding hydrogens is 376 g/mol. The zero-order chi connectivity index (χ0) is 20.3. The zero-order valence-corrected chi connectivity index (χ0v) is 16.5. The molecule has 3 aromatic heterocycles. The number of hydrogen-bond acceptors (Lipinski definition) is 6. The molecule has 0 saturated heterocycles. The van der Waals surface area contributed by atoms with Crippen LogP contribution in [0.1, 0.15) is 31.7 Å². The maximum Gasteiger partial charge on any atom is 0.267 e. The minimum atomic E-state index is -0.0517. The summed E-state index contributed by atoms with van der Waals surface area (Å²) in [5.74, 6) is 0.825. The molecule has 7 nitrogen and oxygen atoms in total. The number of rotatable bonds is 4. The summed E-state index contributed by atoms with van der Waals surface area (Å²) in [4.78, 5) is 16.5. The molecular formula is C23H22N6O. The first kappa shape index (κ1) is 18.4. The Hall–Kier alpha value is -3.61. The molecule has 4 aromatic rings. The molecule has 1 aliphatic rings. The van der Waals surface area contributed by atoms with Gasteiger partial charge in [-0.3, -0.25) is 9.78 Å². The molecule has 1 aliphatic carbocycles. The summed E-state index contributed by atoms with van der Waals surface area (Å²) in [6.45, 7) is 0. The molecule has 30 heavy (non-hydrogen) atoms. The van der Waals surface area contributed by atoms with E-state index in [2.05, 4.69) is 31.7 Å². The van der Waals surface area contributed by atoms with E-state index in [0.717, 1.165) is 53.5 Å². The van der Waals surface area contributed by atoms with Gasteiger partial charge in [0.25, 0.3) is 5.56 Å². The van der Waals surface area contributed by atoms with Crippen LogP contribution in [0.25, 0.3) is 22.0 Å². The van der Waals surface area contributed by atoms with Gasteiger partial charge in [0.1, 0.15) is 0 Å². The average molecular weight is 398 g/mol. The van der Waals surface area contributed by atoms with Gasteiger partial charge in [-0.15, -0.1) is 5.10 Å². The van der Waals surface area contributed by atoms with Crippen LogP contribution in [0.2, 0.25) is 0 Å². The van der Waals surface area contributed by atoms with Gasteiger partial charge in [-0.25, -0.2) is 4.68 Å². The molecule has 0 radical (unpaired) electrons. The fourth-order valence-electron chi connectivity index (χ4n) is 4.16. The van der Waals surface area contributed by atoms with Crippen LogP contribution in [0.5, 0.6) is 0 Å². The number of nitrogens with zero attached hydrogens (tertiary/aromatic N) is 5. The highest BCUT2D eigenvalue weighted by Gasteiger charge is 2.24. The molecule has 7 heteroatoms. The van der Waals surface area contributed by atoms with E-state index in [1.807, 2.05) is 30.3 Å². The van der Waals surface area contributed by atoms with Crippen LogP contribution in [-0.2, 0) is 0 Å². The van der Waals surface area contributed by atoms with Crippen LogP contribution in [0, 0.1) is 0 Å². The number of nitrogens with one attached hydrogen (secondary N) is 1. The van der Waals surface area contributed by atoms with Crippen LogP contribution in [0.3, 0.4) is 0 Å². The van der Waals surface area contributed by atoms with Gasteiger partial charge in [0.2, 0.25) is 0 Å². The number of fused-ring (bicyclic) bond motifs is 1. The summed E-state index contributed by atoms with van der Waals surface area (Å²) >= 11 is 0. The molecule has 0 aliphatic heterocycles. The minimum Gasteiger partial charge on any atom is -0.365 e. The molecule has 5 rings (SSSR count). The summed E-state index contributed by atoms with van der Waals surface area (Å²) in [5, 5.41) is 18.8. The number of benzene rings is 1. The molecule has 1 N–H and O–H groups in total. The van der Waals surface area contributed by atoms with E-state index in [0.29, 0.717) is 6.04 Å². The summed E-state index contributed by atoms with van der Waals surface area (Å²) in [5.41, 5.74) is 1.70. The third-order valence-corrected chi connectivity index (χ3v) is 5.76. The first-order chi connectivity index (χ1) is 14.8. The summed E-state index contributed by atoms with van der Waals surface area (Å²) in [7, 11) is 0. The van der Waals surface area contributed by atoms with Crippen LogP contribution in [-0.4, -0.2) is 31.0 Å². The van der Waals surface area contributed by atoms with E-state index in [1.165, 1.54) is 0 Å². The Morgan fingerprint density at radius 3 is 2.57 bits per heavy atom. The lowest BCUT2D eigenvalue weighted by Gasteiger charge is -2.30. The Kier molecular flexibility index (Phi) is 4.93. The Labute approximate surface area is 173 Å². The number of aromatic nitrogens is 5. The van der Waals surface area contributed by atoms with Gasteiger partial charge in [-0.1, -0.05) is 24.3 Å². The van der Waals surface area contributed by atoms with Crippen LogP contribution in [0.15, 0.2) is 71.9 Å². The SMILES string of the molecule is O=c1ccc(-c2ccncc2)nn1C1CCC(Nc2nncc3ccccc23)CC1. The standard InChI is InChI=1S/C23H22N6O/c30-22-10-9-21(16-11-13-24-14-12-16)28-29(22)19-7-5-18(6-8-19)26-23-20-4-2-1-3-17(20)15-25-27-23/h1-4,9-15,18-19H,5-8H2,(H,26,27). The molecule has 0 unspecified atom stereocenters. The van der Waals surface area contributed by atoms with Crippen molar-refractivity contribution in [3.63, 3.8) is 0 Å². The predicted molar refractivity (Wildman–Crippen MR) is 116 cm³/mol. The second kappa shape index (κ2) is 8.02. The van der Waals surface area contributed by atoms with Crippen molar-refractivity contribution in [1.29, 1.82) is 0 Å². The quantitative estimate of drug-likeness (QED) is 0.562. The van der Waals surface area contributed by atoms with Crippen molar-refractivity contribution in [1.82, 2.24) is 25.0 Å². The monoisotopic (exact) mass is 398 g/mol. The first-order valence-electron chi connectivity index (χ1n) is 10.3. The largest absolute Gasteiger partial charge is 0.365 e. The third kappa shape index (κ3) is 3.66. The number of pyridine rings is 1. The minimum absolute atomic E-state index is 0.0517. The Bertz CT molecular complexity index is 1210. The Morgan fingerprint density at radius 1 is 0.933 bits per heavy atom. The van der Waals surface area contributed by atoms with Crippen molar-refractivity contribution in [2.45, 2.75) is 37.8 Å². The highest BCUT2D eigenvalue weighted by Crippen LogP contribution is 2.30. The molecule has 0 bridgehead atoms. The van der Waals surface area contributed by atoms with Crippen LogP contribution in [0.4, 0.5) is 5.82 Å². The van der Waals surface area contributed by atoms with Gasteiger partial charge in [0.15, 0.2) is 5.82 Å². The highest BCUT2D eigenvalue weighted by molar-refractivity contribution is 5.90. The van der Waals surface area contributed by atoms with Gasteiger partial charge < -0.3 is 5.32 Å². The van der Waals surface area contributed by atoms with E-state index in [-0.39, 0.29) is 11.6 Å². The van der Waals surface area contributed by atoms with Crippen molar-refractivity contribution in [2.24, 2.45) is 0 Å². The Morgan fingerprint density at radius 2 is 1.73 bits per heavy atom. The van der Waals surface area contributed by atoms with Crippen molar-refractivity contribution >= 4 is 16.6 Å². The Balaban J connectivity index is 1.31. The predicted octanol–water partition coefficient (Wildman–Crippen LogP) is 3.84. The lowest BCUT2D eigenvalue weighted by molar-refractivity contribution is 0.304. The number of anilines is 1. The smallest absolute Gasteiger partial charge is 0.267 e. The molecule has 3 heterocycles. The van der Waals surface area contributed by atoms with Gasteiger partial charge in [0.05, 0.1) is 17.9 Å². The molecule has 150 valence electrons. The lowest BCUT2D eigenvalue weighted by Crippen LogP contribution is -2.33. The van der Waals surface area contributed by atoms with Crippen molar-refractivity contribution in [2.75, 3.05) is 5.32 Å². The van der Waals surface area contributed by atoms with Crippen molar-refractivity contribution in [3.05, 3.63) is 77.5 Å². The van der Waals surface area contributed by atoms with E-state index < -0.39 is 0 Å². The van der Waals surface area contributed by atoms with E-state index in [9.17, 15) is 4.79 Å². The second-order valence-electron chi connectivity index (χ2n) is 7.67. The van der Waals surface area contributed by atoms with Crippen LogP contribution < -0.4 is 10.9 Å². The molecule has 0 atom stereocenters. The summed E-state index contributed by atoms with van der Waals surface area (Å²) in [6.07, 6.45) is 8.93. The van der Waals surface area contributed by atoms with Gasteiger partial charge in [0, 0.05) is 40.8 Å². The normalized spacial score (nSPS) is 18.9. The zero-order valence-electron chi connectivity index (χ0n) is 16.5. The fourth-order valence-corrected chi connectivity index (χ4v) is 4.16. The van der Waals surface area contributed by atoms with Gasteiger partial charge >= 0.3 is 0 Å². The molecule has 1 fully saturated rings. The number of hydrogen-bond donors (Lipinski definition) is 1. The van der Waals surface area contributed by atoms with Crippen LogP contribution >= 0.6 is 0 Å². The summed E-state index contributed by atoms with van der Waals surface area (Å²) in [6, 6.07) is 15.7. The summed E-state index contributed by atoms with van der Waals surface area (Å²) < 4.78 is 1.66. The molecule has 0 spiro atoms. The maximum atomic E-state index is 12.5. The highest BCUT2D eigenvalue weighted by atomic mass is 16.1. The van der Waals surface area contributed by atoms with E-state index in [4.69, 9.17) is 0 Å². The van der Waals surface area contributed by atoms with E-state index >= 15 is 0 Å². The van der Waals surface area contributed by atoms with Gasteiger partial charge in [-0.05, 0) is 43.9 Å². The van der Waals surface area contributed by atoms with Crippen molar-refractivity contribution in [3.8, 4) is 11.3 Å². The molecule has 1 saturated carbocycles. The fraction of sp³-hybridized carbons (Fsp3) is 0.261. The maximum absolute atomic E-state index is 12.5. The lowest BCUT2D eigenvalue weighted by atomic mass is 9.91.